The molecule has 2 rings (SSSR count). The molecule has 2 N–H and O–H groups in total. The van der Waals surface area contributed by atoms with Crippen molar-refractivity contribution in [2.24, 2.45) is 5.73 Å². The molecule has 0 aliphatic heterocycles. The molecule has 0 bridgehead atoms. The smallest absolute Gasteiger partial charge is 0.0552 e. The lowest BCUT2D eigenvalue weighted by atomic mass is 9.86. The van der Waals surface area contributed by atoms with Gasteiger partial charge in [-0.2, -0.15) is 0 Å². The minimum atomic E-state index is -0.222. The molecule has 2 aromatic rings. The van der Waals surface area contributed by atoms with Crippen molar-refractivity contribution in [3.8, 4) is 0 Å². The second-order valence-corrected chi connectivity index (χ2v) is 6.93. The maximum atomic E-state index is 6.30. The fourth-order valence-corrected chi connectivity index (χ4v) is 2.68. The van der Waals surface area contributed by atoms with Gasteiger partial charge >= 0.3 is 0 Å². The van der Waals surface area contributed by atoms with Crippen LogP contribution < -0.4 is 5.73 Å². The molecule has 0 saturated heterocycles. The Morgan fingerprint density at radius 2 is 1.35 bits per heavy atom. The molecule has 0 aromatic heterocycles. The first-order valence-corrected chi connectivity index (χ1v) is 7.35. The molecule has 0 aliphatic carbocycles. The summed E-state index contributed by atoms with van der Waals surface area (Å²) in [4.78, 5) is 0. The molecule has 0 amide bonds. The lowest BCUT2D eigenvalue weighted by Gasteiger charge is -2.20. The van der Waals surface area contributed by atoms with Crippen molar-refractivity contribution in [1.82, 2.24) is 0 Å². The van der Waals surface area contributed by atoms with E-state index in [1.807, 2.05) is 12.1 Å². The van der Waals surface area contributed by atoms with Gasteiger partial charge in [-0.3, -0.25) is 0 Å². The predicted octanol–water partition coefficient (Wildman–Crippen LogP) is 5.34. The van der Waals surface area contributed by atoms with Gasteiger partial charge in [-0.15, -0.1) is 0 Å². The molecule has 0 radical (unpaired) electrons. The summed E-state index contributed by atoms with van der Waals surface area (Å²) in [5.41, 5.74) is 9.70. The zero-order chi connectivity index (χ0) is 14.9. The average molecular weight is 308 g/mol. The van der Waals surface area contributed by atoms with Crippen LogP contribution in [0, 0.1) is 0 Å². The fourth-order valence-electron chi connectivity index (χ4n) is 2.14. The van der Waals surface area contributed by atoms with Crippen molar-refractivity contribution in [3.05, 3.63) is 69.2 Å². The van der Waals surface area contributed by atoms with Crippen LogP contribution in [0.1, 0.15) is 43.5 Å². The summed E-state index contributed by atoms with van der Waals surface area (Å²) < 4.78 is 0. The van der Waals surface area contributed by atoms with Gasteiger partial charge in [0.15, 0.2) is 0 Å². The monoisotopic (exact) mass is 307 g/mol. The van der Waals surface area contributed by atoms with Gasteiger partial charge in [0.2, 0.25) is 0 Å². The minimum absolute atomic E-state index is 0.141. The summed E-state index contributed by atoms with van der Waals surface area (Å²) in [6.07, 6.45) is 0. The number of nitrogens with two attached hydrogens (primary N) is 1. The second kappa shape index (κ2) is 5.77. The van der Waals surface area contributed by atoms with Crippen LogP contribution in [0.15, 0.2) is 42.5 Å². The average Bonchev–Trinajstić information content (AvgIpc) is 2.36. The zero-order valence-corrected chi connectivity index (χ0v) is 13.5. The number of rotatable bonds is 2. The Morgan fingerprint density at radius 3 is 1.80 bits per heavy atom. The van der Waals surface area contributed by atoms with Gasteiger partial charge in [-0.1, -0.05) is 68.2 Å². The molecule has 0 spiro atoms. The second-order valence-electron chi connectivity index (χ2n) is 6.05. The van der Waals surface area contributed by atoms with Crippen molar-refractivity contribution in [2.45, 2.75) is 32.2 Å². The first-order valence-electron chi connectivity index (χ1n) is 6.59. The Balaban J connectivity index is 2.31. The first-order chi connectivity index (χ1) is 9.27. The predicted molar refractivity (Wildman–Crippen MR) is 87.6 cm³/mol. The van der Waals surface area contributed by atoms with Crippen molar-refractivity contribution in [1.29, 1.82) is 0 Å². The van der Waals surface area contributed by atoms with Crippen LogP contribution in [-0.4, -0.2) is 0 Å². The molecule has 0 saturated carbocycles. The van der Waals surface area contributed by atoms with Gasteiger partial charge in [0.1, 0.15) is 0 Å². The topological polar surface area (TPSA) is 26.0 Å². The highest BCUT2D eigenvalue weighted by Crippen LogP contribution is 2.28. The third-order valence-electron chi connectivity index (χ3n) is 3.38. The molecular formula is C17H19Cl2N. The Kier molecular flexibility index (Phi) is 4.43. The van der Waals surface area contributed by atoms with Gasteiger partial charge in [-0.05, 0) is 40.3 Å². The number of halogens is 2. The SMILES string of the molecule is CC(C)(C)c1ccc(C(N)c2cc(Cl)cc(Cl)c2)cc1. The highest BCUT2D eigenvalue weighted by atomic mass is 35.5. The summed E-state index contributed by atoms with van der Waals surface area (Å²) >= 11 is 12.1. The van der Waals surface area contributed by atoms with E-state index in [1.54, 1.807) is 6.07 Å². The highest BCUT2D eigenvalue weighted by Gasteiger charge is 2.15. The van der Waals surface area contributed by atoms with Crippen LogP contribution in [0.3, 0.4) is 0 Å². The van der Waals surface area contributed by atoms with Gasteiger partial charge in [0, 0.05) is 10.0 Å². The molecular weight excluding hydrogens is 289 g/mol. The molecule has 20 heavy (non-hydrogen) atoms. The van der Waals surface area contributed by atoms with Crippen molar-refractivity contribution < 1.29 is 0 Å². The third-order valence-corrected chi connectivity index (χ3v) is 3.82. The third kappa shape index (κ3) is 3.54. The van der Waals surface area contributed by atoms with E-state index in [0.29, 0.717) is 10.0 Å². The van der Waals surface area contributed by atoms with E-state index in [2.05, 4.69) is 45.0 Å². The van der Waals surface area contributed by atoms with Gasteiger partial charge < -0.3 is 5.73 Å². The van der Waals surface area contributed by atoms with Crippen molar-refractivity contribution in [3.63, 3.8) is 0 Å². The lowest BCUT2D eigenvalue weighted by Crippen LogP contribution is -2.14. The van der Waals surface area contributed by atoms with E-state index in [4.69, 9.17) is 28.9 Å². The van der Waals surface area contributed by atoms with Gasteiger partial charge in [-0.25, -0.2) is 0 Å². The van der Waals surface area contributed by atoms with E-state index >= 15 is 0 Å². The number of benzene rings is 2. The molecule has 3 heteroatoms. The standard InChI is InChI=1S/C17H19Cl2N/c1-17(2,3)13-6-4-11(5-7-13)16(20)12-8-14(18)10-15(19)9-12/h4-10,16H,20H2,1-3H3. The molecule has 1 nitrogen and oxygen atoms in total. The van der Waals surface area contributed by atoms with E-state index in [1.165, 1.54) is 5.56 Å². The summed E-state index contributed by atoms with van der Waals surface area (Å²) in [7, 11) is 0. The Labute approximate surface area is 130 Å². The lowest BCUT2D eigenvalue weighted by molar-refractivity contribution is 0.589. The Hall–Kier alpha value is -1.02. The van der Waals surface area contributed by atoms with Gasteiger partial charge in [0.05, 0.1) is 6.04 Å². The fraction of sp³-hybridized carbons (Fsp3) is 0.294. The highest BCUT2D eigenvalue weighted by molar-refractivity contribution is 6.34. The number of hydrogen-bond donors (Lipinski definition) is 1. The molecule has 1 unspecified atom stereocenters. The molecule has 2 aromatic carbocycles. The first kappa shape index (κ1) is 15.4. The Bertz CT molecular complexity index is 577. The van der Waals surface area contributed by atoms with Gasteiger partial charge in [0.25, 0.3) is 0 Å². The van der Waals surface area contributed by atoms with Crippen LogP contribution in [-0.2, 0) is 5.41 Å². The minimum Gasteiger partial charge on any atom is -0.320 e. The molecule has 0 heterocycles. The molecule has 1 atom stereocenters. The zero-order valence-electron chi connectivity index (χ0n) is 12.0. The van der Waals surface area contributed by atoms with E-state index in [0.717, 1.165) is 11.1 Å². The normalized spacial score (nSPS) is 13.3. The van der Waals surface area contributed by atoms with Crippen LogP contribution in [0.25, 0.3) is 0 Å². The van der Waals surface area contributed by atoms with E-state index < -0.39 is 0 Å². The van der Waals surface area contributed by atoms with Crippen LogP contribution >= 0.6 is 23.2 Å². The summed E-state index contributed by atoms with van der Waals surface area (Å²) in [6.45, 7) is 6.58. The summed E-state index contributed by atoms with van der Waals surface area (Å²) in [5.74, 6) is 0. The van der Waals surface area contributed by atoms with Crippen molar-refractivity contribution >= 4 is 23.2 Å². The van der Waals surface area contributed by atoms with Crippen LogP contribution in [0.4, 0.5) is 0 Å². The maximum Gasteiger partial charge on any atom is 0.0552 e. The Morgan fingerprint density at radius 1 is 0.850 bits per heavy atom. The van der Waals surface area contributed by atoms with Crippen molar-refractivity contribution in [2.75, 3.05) is 0 Å². The molecule has 0 aliphatic rings. The maximum absolute atomic E-state index is 6.30. The van der Waals surface area contributed by atoms with E-state index in [9.17, 15) is 0 Å². The van der Waals surface area contributed by atoms with Crippen LogP contribution in [0.2, 0.25) is 10.0 Å². The summed E-state index contributed by atoms with van der Waals surface area (Å²) in [6, 6.07) is 13.6. The molecule has 106 valence electrons. The number of hydrogen-bond acceptors (Lipinski definition) is 1. The van der Waals surface area contributed by atoms with E-state index in [-0.39, 0.29) is 11.5 Å². The largest absolute Gasteiger partial charge is 0.320 e. The summed E-state index contributed by atoms with van der Waals surface area (Å²) in [5, 5.41) is 1.21. The molecule has 0 fully saturated rings. The van der Waals surface area contributed by atoms with Crippen LogP contribution in [0.5, 0.6) is 0 Å². The quantitative estimate of drug-likeness (QED) is 0.796.